The lowest BCUT2D eigenvalue weighted by Crippen LogP contribution is -2.41. The molecule has 1 aromatic heterocycles. The van der Waals surface area contributed by atoms with Crippen LogP contribution in [0.3, 0.4) is 0 Å². The number of aromatic nitrogens is 1. The molecule has 0 bridgehead atoms. The van der Waals surface area contributed by atoms with Gasteiger partial charge in [0.1, 0.15) is 0 Å². The van der Waals surface area contributed by atoms with Crippen molar-refractivity contribution in [3.05, 3.63) is 65.5 Å². The molecule has 2 atom stereocenters. The molecular weight excluding hydrogens is 300 g/mol. The van der Waals surface area contributed by atoms with Gasteiger partial charge in [0, 0.05) is 30.9 Å². The smallest absolute Gasteiger partial charge is 0.307 e. The molecule has 126 valence electrons. The number of hydrogen-bond donors (Lipinski definition) is 1. The first-order chi connectivity index (χ1) is 11.6. The highest BCUT2D eigenvalue weighted by Crippen LogP contribution is 2.31. The number of hydrogen-bond acceptors (Lipinski definition) is 3. The van der Waals surface area contributed by atoms with Crippen molar-refractivity contribution in [1.29, 1.82) is 0 Å². The number of carboxylic acid groups (broad SMARTS) is 1. The highest BCUT2D eigenvalue weighted by atomic mass is 16.4. The summed E-state index contributed by atoms with van der Waals surface area (Å²) >= 11 is 0. The van der Waals surface area contributed by atoms with Crippen molar-refractivity contribution in [3.63, 3.8) is 0 Å². The summed E-state index contributed by atoms with van der Waals surface area (Å²) in [4.78, 5) is 18.3. The van der Waals surface area contributed by atoms with E-state index in [-0.39, 0.29) is 12.0 Å². The minimum absolute atomic E-state index is 0.170. The third-order valence-corrected chi connectivity index (χ3v) is 4.92. The van der Waals surface area contributed by atoms with Gasteiger partial charge in [0.15, 0.2) is 0 Å². The van der Waals surface area contributed by atoms with Crippen LogP contribution >= 0.6 is 0 Å². The van der Waals surface area contributed by atoms with Gasteiger partial charge in [0.25, 0.3) is 0 Å². The average Bonchev–Trinajstić information content (AvgIpc) is 2.61. The van der Waals surface area contributed by atoms with Crippen LogP contribution in [0.5, 0.6) is 0 Å². The molecule has 0 saturated carbocycles. The first-order valence-electron chi connectivity index (χ1n) is 8.57. The normalized spacial score (nSPS) is 19.8. The molecule has 2 aromatic rings. The highest BCUT2D eigenvalue weighted by molar-refractivity contribution is 5.70. The zero-order valence-electron chi connectivity index (χ0n) is 14.1. The van der Waals surface area contributed by atoms with Crippen LogP contribution in [0, 0.1) is 12.8 Å². The summed E-state index contributed by atoms with van der Waals surface area (Å²) in [5.74, 6) is -0.949. The third-order valence-electron chi connectivity index (χ3n) is 4.92. The summed E-state index contributed by atoms with van der Waals surface area (Å²) in [5, 5.41) is 9.41. The van der Waals surface area contributed by atoms with Crippen LogP contribution in [-0.4, -0.2) is 34.0 Å². The molecule has 1 fully saturated rings. The number of pyridine rings is 1. The van der Waals surface area contributed by atoms with Gasteiger partial charge in [-0.2, -0.15) is 0 Å². The van der Waals surface area contributed by atoms with E-state index in [1.54, 1.807) is 0 Å². The van der Waals surface area contributed by atoms with Crippen molar-refractivity contribution in [2.24, 2.45) is 5.92 Å². The summed E-state index contributed by atoms with van der Waals surface area (Å²) in [7, 11) is 0. The second-order valence-electron chi connectivity index (χ2n) is 6.57. The zero-order valence-corrected chi connectivity index (χ0v) is 14.1. The van der Waals surface area contributed by atoms with Gasteiger partial charge in [-0.1, -0.05) is 30.3 Å². The van der Waals surface area contributed by atoms with Crippen molar-refractivity contribution in [3.8, 4) is 0 Å². The lowest BCUT2D eigenvalue weighted by atomic mass is 9.91. The highest BCUT2D eigenvalue weighted by Gasteiger charge is 2.31. The number of aryl methyl sites for hydroxylation is 1. The first-order valence-corrected chi connectivity index (χ1v) is 8.57. The van der Waals surface area contributed by atoms with E-state index in [1.165, 1.54) is 11.1 Å². The Labute approximate surface area is 143 Å². The maximum atomic E-state index is 11.4. The van der Waals surface area contributed by atoms with E-state index in [1.807, 2.05) is 30.5 Å². The lowest BCUT2D eigenvalue weighted by molar-refractivity contribution is -0.144. The van der Waals surface area contributed by atoms with Gasteiger partial charge in [-0.05, 0) is 49.6 Å². The van der Waals surface area contributed by atoms with Gasteiger partial charge in [-0.15, -0.1) is 0 Å². The van der Waals surface area contributed by atoms with Gasteiger partial charge in [-0.25, -0.2) is 0 Å². The molecule has 0 amide bonds. The predicted octanol–water partition coefficient (Wildman–Crippen LogP) is 3.47. The summed E-state index contributed by atoms with van der Waals surface area (Å²) in [6.07, 6.45) is 4.33. The topological polar surface area (TPSA) is 53.4 Å². The molecule has 4 heteroatoms. The number of aliphatic carboxylic acids is 1. The van der Waals surface area contributed by atoms with Crippen molar-refractivity contribution < 1.29 is 9.90 Å². The molecule has 1 N–H and O–H groups in total. The number of carboxylic acids is 1. The quantitative estimate of drug-likeness (QED) is 0.915. The van der Waals surface area contributed by atoms with E-state index in [4.69, 9.17) is 0 Å². The molecule has 1 aliphatic heterocycles. The molecule has 3 rings (SSSR count). The fourth-order valence-corrected chi connectivity index (χ4v) is 3.60. The second-order valence-corrected chi connectivity index (χ2v) is 6.57. The number of likely N-dealkylation sites (tertiary alicyclic amines) is 1. The SMILES string of the molecule is Cc1ccccc1C(Cc1ccccn1)N1CCCC(C(=O)O)C1. The molecule has 0 spiro atoms. The Morgan fingerprint density at radius 1 is 1.29 bits per heavy atom. The third kappa shape index (κ3) is 3.82. The summed E-state index contributed by atoms with van der Waals surface area (Å²) in [6.45, 7) is 3.68. The van der Waals surface area contributed by atoms with Crippen LogP contribution in [0.25, 0.3) is 0 Å². The van der Waals surface area contributed by atoms with E-state index < -0.39 is 5.97 Å². The standard InChI is InChI=1S/C20H24N2O2/c1-15-7-2-3-10-18(15)19(13-17-9-4-5-11-21-17)22-12-6-8-16(14-22)20(23)24/h2-5,7,9-11,16,19H,6,8,12-14H2,1H3,(H,23,24). The number of piperidine rings is 1. The Balaban J connectivity index is 1.90. The summed E-state index contributed by atoms with van der Waals surface area (Å²) in [6, 6.07) is 14.5. The molecule has 1 saturated heterocycles. The molecule has 2 unspecified atom stereocenters. The average molecular weight is 324 g/mol. The molecule has 0 aliphatic carbocycles. The van der Waals surface area contributed by atoms with Gasteiger partial charge in [-0.3, -0.25) is 14.7 Å². The van der Waals surface area contributed by atoms with Gasteiger partial charge < -0.3 is 5.11 Å². The molecule has 4 nitrogen and oxygen atoms in total. The van der Waals surface area contributed by atoms with Crippen molar-refractivity contribution in [2.75, 3.05) is 13.1 Å². The van der Waals surface area contributed by atoms with Crippen LogP contribution in [0.1, 0.15) is 35.7 Å². The van der Waals surface area contributed by atoms with E-state index in [9.17, 15) is 9.90 Å². The van der Waals surface area contributed by atoms with Crippen molar-refractivity contribution in [1.82, 2.24) is 9.88 Å². The molecule has 0 radical (unpaired) electrons. The Morgan fingerprint density at radius 2 is 2.08 bits per heavy atom. The van der Waals surface area contributed by atoms with Crippen LogP contribution in [0.15, 0.2) is 48.7 Å². The number of nitrogens with zero attached hydrogens (tertiary/aromatic N) is 2. The fourth-order valence-electron chi connectivity index (χ4n) is 3.60. The minimum Gasteiger partial charge on any atom is -0.481 e. The monoisotopic (exact) mass is 324 g/mol. The minimum atomic E-state index is -0.680. The van der Waals surface area contributed by atoms with E-state index in [0.717, 1.165) is 31.5 Å². The zero-order chi connectivity index (χ0) is 16.9. The van der Waals surface area contributed by atoms with E-state index >= 15 is 0 Å². The van der Waals surface area contributed by atoms with E-state index in [0.29, 0.717) is 6.54 Å². The van der Waals surface area contributed by atoms with Gasteiger partial charge in [0.2, 0.25) is 0 Å². The van der Waals surface area contributed by atoms with Crippen LogP contribution < -0.4 is 0 Å². The Hall–Kier alpha value is -2.20. The van der Waals surface area contributed by atoms with Crippen LogP contribution in [0.2, 0.25) is 0 Å². The fraction of sp³-hybridized carbons (Fsp3) is 0.400. The number of rotatable bonds is 5. The van der Waals surface area contributed by atoms with Crippen molar-refractivity contribution in [2.45, 2.75) is 32.2 Å². The molecule has 1 aliphatic rings. The van der Waals surface area contributed by atoms with Crippen molar-refractivity contribution >= 4 is 5.97 Å². The molecular formula is C20H24N2O2. The first kappa shape index (κ1) is 16.7. The Kier molecular flexibility index (Phi) is 5.26. The number of benzene rings is 1. The Morgan fingerprint density at radius 3 is 2.79 bits per heavy atom. The lowest BCUT2D eigenvalue weighted by Gasteiger charge is -2.38. The molecule has 2 heterocycles. The summed E-state index contributed by atoms with van der Waals surface area (Å²) in [5.41, 5.74) is 3.56. The van der Waals surface area contributed by atoms with Crippen LogP contribution in [-0.2, 0) is 11.2 Å². The molecule has 1 aromatic carbocycles. The van der Waals surface area contributed by atoms with Gasteiger partial charge >= 0.3 is 5.97 Å². The molecule has 24 heavy (non-hydrogen) atoms. The largest absolute Gasteiger partial charge is 0.481 e. The van der Waals surface area contributed by atoms with Crippen LogP contribution in [0.4, 0.5) is 0 Å². The number of carbonyl (C=O) groups is 1. The maximum Gasteiger partial charge on any atom is 0.307 e. The maximum absolute atomic E-state index is 11.4. The second kappa shape index (κ2) is 7.58. The van der Waals surface area contributed by atoms with E-state index in [2.05, 4.69) is 35.0 Å². The summed E-state index contributed by atoms with van der Waals surface area (Å²) < 4.78 is 0. The van der Waals surface area contributed by atoms with Gasteiger partial charge in [0.05, 0.1) is 5.92 Å². The predicted molar refractivity (Wildman–Crippen MR) is 93.8 cm³/mol. The Bertz CT molecular complexity index is 687.